The molecule has 1 aliphatic heterocycles. The van der Waals surface area contributed by atoms with Crippen molar-refractivity contribution in [3.8, 4) is 5.75 Å². The lowest BCUT2D eigenvalue weighted by Gasteiger charge is -2.37. The van der Waals surface area contributed by atoms with Crippen LogP contribution >= 0.6 is 0 Å². The first-order chi connectivity index (χ1) is 10.5. The van der Waals surface area contributed by atoms with E-state index in [-0.39, 0.29) is 0 Å². The van der Waals surface area contributed by atoms with Crippen molar-refractivity contribution in [1.29, 1.82) is 0 Å². The summed E-state index contributed by atoms with van der Waals surface area (Å²) < 4.78 is 33.2. The van der Waals surface area contributed by atoms with Gasteiger partial charge in [0.15, 0.2) is 0 Å². The van der Waals surface area contributed by atoms with Gasteiger partial charge in [0.25, 0.3) is 10.2 Å². The molecule has 0 amide bonds. The fraction of sp³-hybridized carbons (Fsp3) is 0.600. The Morgan fingerprint density at radius 1 is 1.05 bits per heavy atom. The summed E-state index contributed by atoms with van der Waals surface area (Å²) >= 11 is 0. The van der Waals surface area contributed by atoms with Gasteiger partial charge in [0.05, 0.1) is 7.11 Å². The second kappa shape index (κ2) is 7.30. The molecule has 1 heterocycles. The number of hydrogen-bond acceptors (Lipinski definition) is 4. The number of piperazine rings is 1. The monoisotopic (exact) mass is 327 g/mol. The first kappa shape index (κ1) is 17.1. The van der Waals surface area contributed by atoms with Crippen molar-refractivity contribution in [3.05, 3.63) is 24.3 Å². The molecule has 6 nitrogen and oxygen atoms in total. The topological polar surface area (TPSA) is 53.1 Å². The number of nitrogens with zero attached hydrogens (tertiary/aromatic N) is 3. The third-order valence-corrected chi connectivity index (χ3v) is 6.22. The summed E-state index contributed by atoms with van der Waals surface area (Å²) in [5.74, 6) is 0.825. The molecule has 0 unspecified atom stereocenters. The van der Waals surface area contributed by atoms with Crippen LogP contribution in [0.1, 0.15) is 13.8 Å². The van der Waals surface area contributed by atoms with Gasteiger partial charge >= 0.3 is 0 Å². The lowest BCUT2D eigenvalue weighted by Crippen LogP contribution is -2.53. The van der Waals surface area contributed by atoms with Crippen LogP contribution in [0.2, 0.25) is 0 Å². The van der Waals surface area contributed by atoms with Gasteiger partial charge < -0.3 is 9.64 Å². The summed E-state index contributed by atoms with van der Waals surface area (Å²) in [4.78, 5) is 2.20. The van der Waals surface area contributed by atoms with E-state index in [0.29, 0.717) is 39.3 Å². The van der Waals surface area contributed by atoms with E-state index in [1.54, 1.807) is 11.4 Å². The first-order valence-corrected chi connectivity index (χ1v) is 9.06. The fourth-order valence-electron chi connectivity index (χ4n) is 2.68. The van der Waals surface area contributed by atoms with Gasteiger partial charge in [-0.3, -0.25) is 0 Å². The van der Waals surface area contributed by atoms with E-state index < -0.39 is 10.2 Å². The maximum absolute atomic E-state index is 12.5. The van der Waals surface area contributed by atoms with Crippen LogP contribution in [0.5, 0.6) is 5.75 Å². The van der Waals surface area contributed by atoms with Gasteiger partial charge in [-0.2, -0.15) is 17.0 Å². The molecule has 1 aliphatic rings. The van der Waals surface area contributed by atoms with Crippen LogP contribution in [0.4, 0.5) is 5.69 Å². The first-order valence-electron chi connectivity index (χ1n) is 7.67. The van der Waals surface area contributed by atoms with Gasteiger partial charge in [0.1, 0.15) is 5.75 Å². The lowest BCUT2D eigenvalue weighted by molar-refractivity contribution is 0.334. The molecule has 0 bridgehead atoms. The van der Waals surface area contributed by atoms with Crippen LogP contribution in [0.25, 0.3) is 0 Å². The minimum atomic E-state index is -3.32. The maximum Gasteiger partial charge on any atom is 0.282 e. The van der Waals surface area contributed by atoms with Crippen molar-refractivity contribution in [2.24, 2.45) is 0 Å². The average Bonchev–Trinajstić information content (AvgIpc) is 2.56. The molecular formula is C15H25N3O3S. The minimum absolute atomic E-state index is 0.511. The lowest BCUT2D eigenvalue weighted by atomic mass is 10.2. The molecule has 7 heteroatoms. The second-order valence-corrected chi connectivity index (χ2v) is 7.10. The molecule has 1 aromatic carbocycles. The molecular weight excluding hydrogens is 302 g/mol. The van der Waals surface area contributed by atoms with E-state index in [9.17, 15) is 8.42 Å². The number of methoxy groups -OCH3 is 1. The van der Waals surface area contributed by atoms with Crippen LogP contribution in [0, 0.1) is 0 Å². The van der Waals surface area contributed by atoms with Gasteiger partial charge in [0, 0.05) is 45.0 Å². The van der Waals surface area contributed by atoms with E-state index in [1.165, 1.54) is 4.31 Å². The molecule has 0 N–H and O–H groups in total. The highest BCUT2D eigenvalue weighted by Gasteiger charge is 2.30. The van der Waals surface area contributed by atoms with E-state index in [2.05, 4.69) is 4.90 Å². The molecule has 1 saturated heterocycles. The van der Waals surface area contributed by atoms with Crippen molar-refractivity contribution in [3.63, 3.8) is 0 Å². The molecule has 1 aromatic rings. The summed E-state index contributed by atoms with van der Waals surface area (Å²) in [6.07, 6.45) is 0. The van der Waals surface area contributed by atoms with Crippen LogP contribution in [-0.2, 0) is 10.2 Å². The van der Waals surface area contributed by atoms with Gasteiger partial charge in [-0.05, 0) is 24.3 Å². The Hall–Kier alpha value is -1.31. The van der Waals surface area contributed by atoms with E-state index in [1.807, 2.05) is 38.1 Å². The Balaban J connectivity index is 2.00. The maximum atomic E-state index is 12.5. The van der Waals surface area contributed by atoms with E-state index in [4.69, 9.17) is 4.74 Å². The Bertz CT molecular complexity index is 562. The number of ether oxygens (including phenoxy) is 1. The molecule has 2 rings (SSSR count). The third-order valence-electron chi connectivity index (χ3n) is 4.03. The van der Waals surface area contributed by atoms with Crippen molar-refractivity contribution >= 4 is 15.9 Å². The highest BCUT2D eigenvalue weighted by Crippen LogP contribution is 2.21. The zero-order chi connectivity index (χ0) is 16.2. The van der Waals surface area contributed by atoms with Crippen LogP contribution in [-0.4, -0.2) is 63.4 Å². The number of benzene rings is 1. The van der Waals surface area contributed by atoms with Crippen LogP contribution in [0.15, 0.2) is 24.3 Å². The quantitative estimate of drug-likeness (QED) is 0.793. The molecule has 0 spiro atoms. The smallest absolute Gasteiger partial charge is 0.282 e. The molecule has 0 aromatic heterocycles. The van der Waals surface area contributed by atoms with Gasteiger partial charge in [0.2, 0.25) is 0 Å². The number of anilines is 1. The third kappa shape index (κ3) is 3.53. The Morgan fingerprint density at radius 2 is 1.59 bits per heavy atom. The largest absolute Gasteiger partial charge is 0.497 e. The molecule has 0 radical (unpaired) electrons. The molecule has 22 heavy (non-hydrogen) atoms. The van der Waals surface area contributed by atoms with Crippen LogP contribution in [0.3, 0.4) is 0 Å². The standard InChI is InChI=1S/C15H25N3O3S/c1-4-17(5-2)22(19,20)18-12-10-16(11-13-18)14-6-8-15(21-3)9-7-14/h6-9H,4-5,10-13H2,1-3H3. The summed E-state index contributed by atoms with van der Waals surface area (Å²) in [5, 5.41) is 0. The van der Waals surface area contributed by atoms with Crippen molar-refractivity contribution in [1.82, 2.24) is 8.61 Å². The minimum Gasteiger partial charge on any atom is -0.497 e. The number of rotatable bonds is 6. The average molecular weight is 327 g/mol. The van der Waals surface area contributed by atoms with Gasteiger partial charge in [-0.25, -0.2) is 0 Å². The fourth-order valence-corrected chi connectivity index (χ4v) is 4.29. The predicted molar refractivity (Wildman–Crippen MR) is 88.6 cm³/mol. The molecule has 0 atom stereocenters. The van der Waals surface area contributed by atoms with Crippen LogP contribution < -0.4 is 9.64 Å². The molecule has 0 aliphatic carbocycles. The highest BCUT2D eigenvalue weighted by atomic mass is 32.2. The van der Waals surface area contributed by atoms with Crippen molar-refractivity contribution in [2.45, 2.75) is 13.8 Å². The number of hydrogen-bond donors (Lipinski definition) is 0. The zero-order valence-electron chi connectivity index (χ0n) is 13.5. The van der Waals surface area contributed by atoms with Crippen molar-refractivity contribution in [2.75, 3.05) is 51.3 Å². The predicted octanol–water partition coefficient (Wildman–Crippen LogP) is 1.40. The highest BCUT2D eigenvalue weighted by molar-refractivity contribution is 7.86. The summed E-state index contributed by atoms with van der Waals surface area (Å²) in [6.45, 7) is 7.20. The van der Waals surface area contributed by atoms with E-state index in [0.717, 1.165) is 11.4 Å². The normalized spacial score (nSPS) is 17.0. The van der Waals surface area contributed by atoms with E-state index >= 15 is 0 Å². The molecule has 0 saturated carbocycles. The molecule has 124 valence electrons. The molecule has 1 fully saturated rings. The summed E-state index contributed by atoms with van der Waals surface area (Å²) in [7, 11) is -1.68. The zero-order valence-corrected chi connectivity index (χ0v) is 14.3. The van der Waals surface area contributed by atoms with Gasteiger partial charge in [-0.15, -0.1) is 0 Å². The van der Waals surface area contributed by atoms with Gasteiger partial charge in [-0.1, -0.05) is 13.8 Å². The Kier molecular flexibility index (Phi) is 5.66. The second-order valence-electron chi connectivity index (χ2n) is 5.18. The Labute approximate surface area is 133 Å². The summed E-state index contributed by atoms with van der Waals surface area (Å²) in [6, 6.07) is 7.86. The summed E-state index contributed by atoms with van der Waals surface area (Å²) in [5.41, 5.74) is 1.10. The van der Waals surface area contributed by atoms with Crippen molar-refractivity contribution < 1.29 is 13.2 Å². The SMILES string of the molecule is CCN(CC)S(=O)(=O)N1CCN(c2ccc(OC)cc2)CC1. The Morgan fingerprint density at radius 3 is 2.05 bits per heavy atom.